The van der Waals surface area contributed by atoms with Crippen LogP contribution < -0.4 is 24.8 Å². The minimum absolute atomic E-state index is 0.107. The number of methoxy groups -OCH3 is 2. The van der Waals surface area contributed by atoms with E-state index in [2.05, 4.69) is 10.6 Å². The summed E-state index contributed by atoms with van der Waals surface area (Å²) in [6, 6.07) is 3.93. The molecule has 0 radical (unpaired) electrons. The highest BCUT2D eigenvalue weighted by Gasteiger charge is 2.35. The Labute approximate surface area is 215 Å². The lowest BCUT2D eigenvalue weighted by atomic mass is 10.1. The van der Waals surface area contributed by atoms with Crippen LogP contribution in [0.2, 0.25) is 0 Å². The number of ether oxygens (including phenoxy) is 3. The van der Waals surface area contributed by atoms with E-state index in [1.807, 2.05) is 0 Å². The molecule has 0 fully saturated rings. The van der Waals surface area contributed by atoms with Gasteiger partial charge < -0.3 is 35.1 Å². The molecule has 0 saturated carbocycles. The number of urea groups is 1. The van der Waals surface area contributed by atoms with Gasteiger partial charge >= 0.3 is 24.1 Å². The van der Waals surface area contributed by atoms with Crippen LogP contribution >= 0.6 is 11.3 Å². The summed E-state index contributed by atoms with van der Waals surface area (Å²) in [5.74, 6) is -4.70. The van der Waals surface area contributed by atoms with Gasteiger partial charge in [0, 0.05) is 23.1 Å². The molecular formula is C23H18F4N2O8S. The van der Waals surface area contributed by atoms with Gasteiger partial charge in [-0.05, 0) is 12.1 Å². The molecule has 4 N–H and O–H groups in total. The first-order valence-electron chi connectivity index (χ1n) is 10.3. The van der Waals surface area contributed by atoms with E-state index < -0.39 is 58.3 Å². The summed E-state index contributed by atoms with van der Waals surface area (Å²) in [6.07, 6.45) is -4.72. The Bertz CT molecular complexity index is 1390. The topological polar surface area (TPSA) is 143 Å². The fourth-order valence-corrected chi connectivity index (χ4v) is 4.15. The number of anilines is 2. The minimum Gasteiger partial charge on any atom is -0.496 e. The first kappa shape index (κ1) is 28.0. The number of carboxylic acid groups (broad SMARTS) is 2. The molecule has 0 saturated heterocycles. The van der Waals surface area contributed by atoms with Gasteiger partial charge in [-0.15, -0.1) is 11.3 Å². The number of thiophene rings is 1. The van der Waals surface area contributed by atoms with E-state index in [1.165, 1.54) is 13.2 Å². The molecule has 3 rings (SSSR count). The molecule has 2 amide bonds. The molecule has 0 spiro atoms. The number of carbonyl (C=O) groups is 3. The SMILES string of the molecule is COc1cc(F)c(NC(=O)Nc2csc(C(=O)O)c2C(=O)O)cc1OCc1c(OC)cccc1C(F)(F)F. The number of carboxylic acids is 2. The Hall–Kier alpha value is -4.53. The molecular weight excluding hydrogens is 540 g/mol. The summed E-state index contributed by atoms with van der Waals surface area (Å²) in [5, 5.41) is 23.7. The fourth-order valence-electron chi connectivity index (χ4n) is 3.32. The normalized spacial score (nSPS) is 11.0. The van der Waals surface area contributed by atoms with E-state index in [9.17, 15) is 37.1 Å². The summed E-state index contributed by atoms with van der Waals surface area (Å²) in [4.78, 5) is 34.6. The first-order valence-corrected chi connectivity index (χ1v) is 11.1. The average Bonchev–Trinajstić information content (AvgIpc) is 3.27. The zero-order valence-corrected chi connectivity index (χ0v) is 20.3. The molecule has 3 aromatic rings. The van der Waals surface area contributed by atoms with Crippen molar-refractivity contribution in [1.29, 1.82) is 0 Å². The van der Waals surface area contributed by atoms with Crippen molar-refractivity contribution in [3.63, 3.8) is 0 Å². The van der Waals surface area contributed by atoms with Crippen LogP contribution in [0.15, 0.2) is 35.7 Å². The molecule has 15 heteroatoms. The number of aromatic carboxylic acids is 2. The largest absolute Gasteiger partial charge is 0.496 e. The summed E-state index contributed by atoms with van der Waals surface area (Å²) in [6.45, 7) is -0.665. The predicted molar refractivity (Wildman–Crippen MR) is 126 cm³/mol. The van der Waals surface area contributed by atoms with Crippen LogP contribution in [0, 0.1) is 5.82 Å². The standard InChI is InChI=1S/C23H18F4N2O8S/c1-35-15-5-3-4-11(23(25,26)27)10(15)8-37-17-7-13(12(24)6-16(17)36-2)28-22(34)29-14-9-38-19(21(32)33)18(14)20(30)31/h3-7,9H,8H2,1-2H3,(H,30,31)(H,32,33)(H2,28,29,34). The zero-order chi connectivity index (χ0) is 28.2. The second-order valence-corrected chi connectivity index (χ2v) is 8.18. The molecule has 0 aliphatic rings. The number of amides is 2. The van der Waals surface area contributed by atoms with Gasteiger partial charge in [0.25, 0.3) is 0 Å². The highest BCUT2D eigenvalue weighted by atomic mass is 32.1. The van der Waals surface area contributed by atoms with Gasteiger partial charge in [-0.2, -0.15) is 13.2 Å². The van der Waals surface area contributed by atoms with Crippen molar-refractivity contribution in [3.8, 4) is 17.2 Å². The van der Waals surface area contributed by atoms with E-state index in [0.29, 0.717) is 11.3 Å². The molecule has 2 aromatic carbocycles. The highest BCUT2D eigenvalue weighted by Crippen LogP contribution is 2.38. The quantitative estimate of drug-likeness (QED) is 0.251. The zero-order valence-electron chi connectivity index (χ0n) is 19.4. The maximum atomic E-state index is 14.6. The lowest BCUT2D eigenvalue weighted by Gasteiger charge is -2.18. The van der Waals surface area contributed by atoms with E-state index in [0.717, 1.165) is 36.8 Å². The van der Waals surface area contributed by atoms with E-state index in [1.54, 1.807) is 0 Å². The van der Waals surface area contributed by atoms with Crippen molar-refractivity contribution < 1.29 is 56.4 Å². The van der Waals surface area contributed by atoms with Crippen LogP contribution in [0.5, 0.6) is 17.2 Å². The average molecular weight is 558 g/mol. The van der Waals surface area contributed by atoms with Crippen molar-refractivity contribution >= 4 is 40.7 Å². The fraction of sp³-hybridized carbons (Fsp3) is 0.174. The Morgan fingerprint density at radius 2 is 1.61 bits per heavy atom. The van der Waals surface area contributed by atoms with Gasteiger partial charge in [-0.3, -0.25) is 0 Å². The predicted octanol–water partition coefficient (Wildman–Crippen LogP) is 5.54. The Morgan fingerprint density at radius 1 is 0.947 bits per heavy atom. The van der Waals surface area contributed by atoms with Crippen molar-refractivity contribution in [1.82, 2.24) is 0 Å². The molecule has 0 aliphatic carbocycles. The number of hydrogen-bond acceptors (Lipinski definition) is 7. The third-order valence-corrected chi connectivity index (χ3v) is 5.95. The second-order valence-electron chi connectivity index (χ2n) is 7.30. The summed E-state index contributed by atoms with van der Waals surface area (Å²) in [7, 11) is 2.34. The van der Waals surface area contributed by atoms with E-state index >= 15 is 0 Å². The van der Waals surface area contributed by atoms with Crippen LogP contribution in [-0.2, 0) is 12.8 Å². The van der Waals surface area contributed by atoms with Crippen molar-refractivity contribution in [2.45, 2.75) is 12.8 Å². The van der Waals surface area contributed by atoms with Gasteiger partial charge in [-0.1, -0.05) is 6.07 Å². The molecule has 10 nitrogen and oxygen atoms in total. The van der Waals surface area contributed by atoms with Gasteiger partial charge in [-0.25, -0.2) is 18.8 Å². The highest BCUT2D eigenvalue weighted by molar-refractivity contribution is 7.13. The maximum Gasteiger partial charge on any atom is 0.416 e. The number of halogens is 4. The number of carbonyl (C=O) groups excluding carboxylic acids is 1. The van der Waals surface area contributed by atoms with Gasteiger partial charge in [0.05, 0.1) is 31.2 Å². The monoisotopic (exact) mass is 558 g/mol. The summed E-state index contributed by atoms with van der Waals surface area (Å²) < 4.78 is 70.6. The molecule has 38 heavy (non-hydrogen) atoms. The number of nitrogens with one attached hydrogen (secondary N) is 2. The molecule has 0 unspecified atom stereocenters. The van der Waals surface area contributed by atoms with Gasteiger partial charge in [0.1, 0.15) is 22.8 Å². The maximum absolute atomic E-state index is 14.6. The third-order valence-electron chi connectivity index (χ3n) is 4.98. The Kier molecular flexibility index (Phi) is 8.30. The van der Waals surface area contributed by atoms with Crippen molar-refractivity contribution in [2.75, 3.05) is 24.9 Å². The van der Waals surface area contributed by atoms with Crippen LogP contribution in [0.3, 0.4) is 0 Å². The first-order chi connectivity index (χ1) is 17.9. The molecule has 0 bridgehead atoms. The van der Waals surface area contributed by atoms with Gasteiger partial charge in [0.15, 0.2) is 17.3 Å². The smallest absolute Gasteiger partial charge is 0.416 e. The second kappa shape index (κ2) is 11.2. The van der Waals surface area contributed by atoms with Crippen LogP contribution in [0.25, 0.3) is 0 Å². The summed E-state index contributed by atoms with van der Waals surface area (Å²) >= 11 is 0.558. The van der Waals surface area contributed by atoms with Crippen molar-refractivity contribution in [2.24, 2.45) is 0 Å². The molecule has 1 heterocycles. The molecule has 0 atom stereocenters. The number of benzene rings is 2. The molecule has 202 valence electrons. The number of alkyl halides is 3. The number of rotatable bonds is 9. The van der Waals surface area contributed by atoms with Crippen LogP contribution in [-0.4, -0.2) is 42.4 Å². The lowest BCUT2D eigenvalue weighted by Crippen LogP contribution is -2.21. The molecule has 0 aliphatic heterocycles. The molecule has 1 aromatic heterocycles. The minimum atomic E-state index is -4.72. The van der Waals surface area contributed by atoms with Gasteiger partial charge in [0.2, 0.25) is 0 Å². The van der Waals surface area contributed by atoms with E-state index in [4.69, 9.17) is 19.3 Å². The Morgan fingerprint density at radius 3 is 2.18 bits per heavy atom. The number of hydrogen-bond donors (Lipinski definition) is 4. The summed E-state index contributed by atoms with van der Waals surface area (Å²) in [5.41, 5.74) is -2.87. The van der Waals surface area contributed by atoms with Crippen LogP contribution in [0.1, 0.15) is 31.2 Å². The van der Waals surface area contributed by atoms with Crippen molar-refractivity contribution in [3.05, 3.63) is 63.1 Å². The third kappa shape index (κ3) is 6.05. The Balaban J connectivity index is 1.87. The van der Waals surface area contributed by atoms with Crippen LogP contribution in [0.4, 0.5) is 33.7 Å². The lowest BCUT2D eigenvalue weighted by molar-refractivity contribution is -0.138. The van der Waals surface area contributed by atoms with E-state index in [-0.39, 0.29) is 28.5 Å².